The molecule has 128 valence electrons. The highest BCUT2D eigenvalue weighted by Gasteiger charge is 2.29. The minimum Gasteiger partial charge on any atom is -0.385 e. The second kappa shape index (κ2) is 6.64. The summed E-state index contributed by atoms with van der Waals surface area (Å²) in [7, 11) is 1.73. The van der Waals surface area contributed by atoms with Gasteiger partial charge in [0.1, 0.15) is 0 Å². The van der Waals surface area contributed by atoms with Gasteiger partial charge in [-0.1, -0.05) is 18.2 Å². The Morgan fingerprint density at radius 1 is 1.32 bits per heavy atom. The van der Waals surface area contributed by atoms with Crippen LogP contribution in [0.2, 0.25) is 0 Å². The summed E-state index contributed by atoms with van der Waals surface area (Å²) in [5, 5.41) is 0. The van der Waals surface area contributed by atoms with Crippen molar-refractivity contribution in [1.82, 2.24) is 14.4 Å². The summed E-state index contributed by atoms with van der Waals surface area (Å²) in [5.74, 6) is 0.991. The molecule has 4 rings (SSSR count). The monoisotopic (exact) mass is 336 g/mol. The lowest BCUT2D eigenvalue weighted by Gasteiger charge is -2.34. The van der Waals surface area contributed by atoms with Crippen LogP contribution in [-0.4, -0.2) is 40.5 Å². The maximum Gasteiger partial charge on any atom is 0.261 e. The third-order valence-electron chi connectivity index (χ3n) is 4.78. The fraction of sp³-hybridized carbons (Fsp3) is 0.316. The number of hydrogen-bond donors (Lipinski definition) is 0. The van der Waals surface area contributed by atoms with E-state index in [2.05, 4.69) is 16.0 Å². The van der Waals surface area contributed by atoms with Gasteiger partial charge in [0.15, 0.2) is 0 Å². The number of ether oxygens (including phenoxy) is 1. The van der Waals surface area contributed by atoms with E-state index in [1.807, 2.05) is 23.1 Å². The fourth-order valence-corrected chi connectivity index (χ4v) is 3.49. The highest BCUT2D eigenvalue weighted by Crippen LogP contribution is 2.37. The number of carbonyl (C=O) groups excluding carboxylic acids is 1. The first kappa shape index (κ1) is 15.8. The van der Waals surface area contributed by atoms with Gasteiger partial charge in [-0.15, -0.1) is 0 Å². The standard InChI is InChI=1S/C19H20N4O2/c1-25-11-7-14-6-9-23(17-5-3-2-4-16(14)17)18(24)15-12-21-19-20-8-10-22(19)13-15/h2-5,8,10,12-14H,6-7,9,11H2,1H3. The van der Waals surface area contributed by atoms with Crippen molar-refractivity contribution in [1.29, 1.82) is 0 Å². The molecule has 0 radical (unpaired) electrons. The molecule has 0 saturated heterocycles. The summed E-state index contributed by atoms with van der Waals surface area (Å²) in [4.78, 5) is 23.3. The number of carbonyl (C=O) groups is 1. The molecule has 3 heterocycles. The van der Waals surface area contributed by atoms with E-state index in [0.29, 0.717) is 23.8 Å². The molecule has 3 aromatic rings. The maximum absolute atomic E-state index is 13.1. The van der Waals surface area contributed by atoms with Crippen LogP contribution < -0.4 is 4.90 Å². The smallest absolute Gasteiger partial charge is 0.261 e. The highest BCUT2D eigenvalue weighted by atomic mass is 16.5. The van der Waals surface area contributed by atoms with Crippen LogP contribution in [0.1, 0.15) is 34.7 Å². The van der Waals surface area contributed by atoms with Gasteiger partial charge >= 0.3 is 0 Å². The Balaban J connectivity index is 1.66. The molecular weight excluding hydrogens is 316 g/mol. The fourth-order valence-electron chi connectivity index (χ4n) is 3.49. The summed E-state index contributed by atoms with van der Waals surface area (Å²) in [5.41, 5.74) is 2.78. The zero-order valence-electron chi connectivity index (χ0n) is 14.1. The highest BCUT2D eigenvalue weighted by molar-refractivity contribution is 6.06. The zero-order chi connectivity index (χ0) is 17.2. The van der Waals surface area contributed by atoms with Gasteiger partial charge in [-0.3, -0.25) is 9.20 Å². The summed E-state index contributed by atoms with van der Waals surface area (Å²) >= 11 is 0. The van der Waals surface area contributed by atoms with Crippen LogP contribution >= 0.6 is 0 Å². The number of nitrogens with zero attached hydrogens (tertiary/aromatic N) is 4. The third-order valence-corrected chi connectivity index (χ3v) is 4.78. The van der Waals surface area contributed by atoms with Crippen molar-refractivity contribution in [2.75, 3.05) is 25.2 Å². The van der Waals surface area contributed by atoms with E-state index in [0.717, 1.165) is 25.1 Å². The lowest BCUT2D eigenvalue weighted by molar-refractivity contribution is 0.0982. The van der Waals surface area contributed by atoms with Gasteiger partial charge in [0.25, 0.3) is 5.91 Å². The quantitative estimate of drug-likeness (QED) is 0.735. The number of methoxy groups -OCH3 is 1. The first-order valence-corrected chi connectivity index (χ1v) is 8.46. The number of imidazole rings is 1. The summed E-state index contributed by atoms with van der Waals surface area (Å²) in [6.07, 6.45) is 8.77. The average molecular weight is 336 g/mol. The number of anilines is 1. The van der Waals surface area contributed by atoms with Crippen LogP contribution in [-0.2, 0) is 4.74 Å². The second-order valence-electron chi connectivity index (χ2n) is 6.26. The number of aromatic nitrogens is 3. The van der Waals surface area contributed by atoms with E-state index >= 15 is 0 Å². The van der Waals surface area contributed by atoms with Crippen molar-refractivity contribution in [2.24, 2.45) is 0 Å². The van der Waals surface area contributed by atoms with Crippen molar-refractivity contribution in [3.8, 4) is 0 Å². The molecule has 6 heteroatoms. The van der Waals surface area contributed by atoms with Crippen molar-refractivity contribution < 1.29 is 9.53 Å². The van der Waals surface area contributed by atoms with Gasteiger partial charge in [-0.25, -0.2) is 9.97 Å². The summed E-state index contributed by atoms with van der Waals surface area (Å²) < 4.78 is 7.01. The van der Waals surface area contributed by atoms with Crippen molar-refractivity contribution in [3.63, 3.8) is 0 Å². The predicted octanol–water partition coefficient (Wildman–Crippen LogP) is 2.90. The van der Waals surface area contributed by atoms with Gasteiger partial charge < -0.3 is 9.64 Å². The lowest BCUT2D eigenvalue weighted by atomic mass is 9.87. The number of benzene rings is 1. The van der Waals surface area contributed by atoms with Gasteiger partial charge in [0.2, 0.25) is 5.78 Å². The van der Waals surface area contributed by atoms with E-state index in [9.17, 15) is 4.79 Å². The minimum atomic E-state index is -0.0271. The molecule has 0 spiro atoms. The van der Waals surface area contributed by atoms with Crippen LogP contribution in [0.15, 0.2) is 49.1 Å². The molecule has 1 atom stereocenters. The first-order chi connectivity index (χ1) is 12.3. The average Bonchev–Trinajstić information content (AvgIpc) is 3.13. The van der Waals surface area contributed by atoms with Gasteiger partial charge in [-0.05, 0) is 30.4 Å². The topological polar surface area (TPSA) is 59.7 Å². The number of para-hydroxylation sites is 1. The maximum atomic E-state index is 13.1. The molecule has 0 saturated carbocycles. The van der Waals surface area contributed by atoms with Gasteiger partial charge in [0.05, 0.1) is 5.56 Å². The Kier molecular flexibility index (Phi) is 4.19. The molecule has 1 aliphatic rings. The first-order valence-electron chi connectivity index (χ1n) is 8.46. The van der Waals surface area contributed by atoms with Crippen LogP contribution in [0.3, 0.4) is 0 Å². The SMILES string of the molecule is COCCC1CCN(C(=O)c2cnc3nccn3c2)c2ccccc21. The number of rotatable bonds is 4. The largest absolute Gasteiger partial charge is 0.385 e. The van der Waals surface area contributed by atoms with Crippen LogP contribution in [0.5, 0.6) is 0 Å². The van der Waals surface area contributed by atoms with Crippen molar-refractivity contribution >= 4 is 17.4 Å². The Labute approximate surface area is 146 Å². The van der Waals surface area contributed by atoms with Gasteiger partial charge in [-0.2, -0.15) is 0 Å². The molecule has 0 fully saturated rings. The van der Waals surface area contributed by atoms with Crippen LogP contribution in [0.4, 0.5) is 5.69 Å². The molecule has 1 amide bonds. The molecule has 2 aromatic heterocycles. The molecule has 6 nitrogen and oxygen atoms in total. The van der Waals surface area contributed by atoms with E-state index in [-0.39, 0.29) is 5.91 Å². The molecule has 0 bridgehead atoms. The molecular formula is C19H20N4O2. The third kappa shape index (κ3) is 2.89. The van der Waals surface area contributed by atoms with E-state index < -0.39 is 0 Å². The number of amides is 1. The molecule has 25 heavy (non-hydrogen) atoms. The summed E-state index contributed by atoms with van der Waals surface area (Å²) in [6.45, 7) is 1.43. The van der Waals surface area contributed by atoms with Crippen LogP contribution in [0.25, 0.3) is 5.78 Å². The van der Waals surface area contributed by atoms with Gasteiger partial charge in [0, 0.05) is 50.7 Å². The Bertz CT molecular complexity index is 905. The molecule has 0 aliphatic carbocycles. The number of hydrogen-bond acceptors (Lipinski definition) is 4. The summed E-state index contributed by atoms with van der Waals surface area (Å²) in [6, 6.07) is 8.16. The molecule has 0 N–H and O–H groups in total. The van der Waals surface area contributed by atoms with E-state index in [1.54, 1.807) is 36.3 Å². The Morgan fingerprint density at radius 2 is 2.20 bits per heavy atom. The molecule has 1 unspecified atom stereocenters. The minimum absolute atomic E-state index is 0.0271. The predicted molar refractivity (Wildman–Crippen MR) is 95.0 cm³/mol. The van der Waals surface area contributed by atoms with Crippen LogP contribution in [0, 0.1) is 0 Å². The Hall–Kier alpha value is -2.73. The van der Waals surface area contributed by atoms with E-state index in [1.165, 1.54) is 5.56 Å². The molecule has 1 aromatic carbocycles. The van der Waals surface area contributed by atoms with E-state index in [4.69, 9.17) is 4.74 Å². The Morgan fingerprint density at radius 3 is 3.08 bits per heavy atom. The second-order valence-corrected chi connectivity index (χ2v) is 6.26. The van der Waals surface area contributed by atoms with Crippen molar-refractivity contribution in [2.45, 2.75) is 18.8 Å². The van der Waals surface area contributed by atoms with Crippen molar-refractivity contribution in [3.05, 3.63) is 60.2 Å². The number of fused-ring (bicyclic) bond motifs is 2. The zero-order valence-corrected chi connectivity index (χ0v) is 14.1. The normalized spacial score (nSPS) is 16.8. The molecule has 1 aliphatic heterocycles. The lowest BCUT2D eigenvalue weighted by Crippen LogP contribution is -2.37.